The van der Waals surface area contributed by atoms with Crippen molar-refractivity contribution in [3.05, 3.63) is 71.8 Å². The van der Waals surface area contributed by atoms with Crippen LogP contribution in [0, 0.1) is 0 Å². The first-order valence-corrected chi connectivity index (χ1v) is 9.58. The van der Waals surface area contributed by atoms with Crippen LogP contribution in [0.5, 0.6) is 11.5 Å². The number of hydrogen-bond donors (Lipinski definition) is 0. The quantitative estimate of drug-likeness (QED) is 0.707. The molecule has 0 aliphatic carbocycles. The van der Waals surface area contributed by atoms with E-state index < -0.39 is 0 Å². The predicted octanol–water partition coefficient (Wildman–Crippen LogP) is 3.03. The van der Waals surface area contributed by atoms with Gasteiger partial charge in [0.2, 0.25) is 0 Å². The molecular weight excluding hydrogens is 368 g/mol. The van der Waals surface area contributed by atoms with Crippen LogP contribution in [0.1, 0.15) is 26.3 Å². The van der Waals surface area contributed by atoms with E-state index >= 15 is 0 Å². The van der Waals surface area contributed by atoms with Crippen LogP contribution in [0.25, 0.3) is 0 Å². The van der Waals surface area contributed by atoms with Crippen LogP contribution in [-0.4, -0.2) is 62.0 Å². The number of carbonyl (C=O) groups is 2. The molecule has 1 fully saturated rings. The summed E-state index contributed by atoms with van der Waals surface area (Å²) in [5, 5.41) is 0. The Morgan fingerprint density at radius 2 is 1.52 bits per heavy atom. The molecule has 0 unspecified atom stereocenters. The van der Waals surface area contributed by atoms with E-state index in [4.69, 9.17) is 9.47 Å². The zero-order chi connectivity index (χ0) is 20.8. The molecule has 152 valence electrons. The fraction of sp³-hybridized carbons (Fsp3) is 0.304. The summed E-state index contributed by atoms with van der Waals surface area (Å²) < 4.78 is 10.9. The highest BCUT2D eigenvalue weighted by Gasteiger charge is 2.26. The van der Waals surface area contributed by atoms with Crippen molar-refractivity contribution < 1.29 is 19.1 Å². The largest absolute Gasteiger partial charge is 0.493 e. The second-order valence-corrected chi connectivity index (χ2v) is 6.81. The van der Waals surface area contributed by atoms with E-state index in [-0.39, 0.29) is 11.8 Å². The Balaban J connectivity index is 1.73. The van der Waals surface area contributed by atoms with Gasteiger partial charge in [0.1, 0.15) is 0 Å². The number of carbonyl (C=O) groups excluding carboxylic acids is 2. The molecule has 1 aliphatic heterocycles. The molecule has 29 heavy (non-hydrogen) atoms. The summed E-state index contributed by atoms with van der Waals surface area (Å²) in [6.45, 7) is 5.76. The third kappa shape index (κ3) is 4.42. The van der Waals surface area contributed by atoms with Crippen molar-refractivity contribution in [2.75, 3.05) is 40.4 Å². The second-order valence-electron chi connectivity index (χ2n) is 6.81. The van der Waals surface area contributed by atoms with Crippen LogP contribution in [-0.2, 0) is 6.42 Å². The van der Waals surface area contributed by atoms with Gasteiger partial charge in [-0.1, -0.05) is 24.3 Å². The van der Waals surface area contributed by atoms with Gasteiger partial charge in [-0.3, -0.25) is 9.59 Å². The number of piperazine rings is 1. The van der Waals surface area contributed by atoms with Crippen molar-refractivity contribution in [2.45, 2.75) is 6.42 Å². The van der Waals surface area contributed by atoms with E-state index in [0.717, 1.165) is 5.56 Å². The molecule has 2 aromatic rings. The smallest absolute Gasteiger partial charge is 0.254 e. The minimum absolute atomic E-state index is 0.00270. The third-order valence-electron chi connectivity index (χ3n) is 5.04. The fourth-order valence-corrected chi connectivity index (χ4v) is 3.53. The van der Waals surface area contributed by atoms with Crippen LogP contribution in [0.3, 0.4) is 0 Å². The maximum absolute atomic E-state index is 13.1. The Hall–Kier alpha value is -3.28. The van der Waals surface area contributed by atoms with Crippen molar-refractivity contribution in [1.82, 2.24) is 9.80 Å². The maximum atomic E-state index is 13.1. The van der Waals surface area contributed by atoms with Gasteiger partial charge in [0.25, 0.3) is 11.8 Å². The van der Waals surface area contributed by atoms with Crippen molar-refractivity contribution in [1.29, 1.82) is 0 Å². The van der Waals surface area contributed by atoms with Gasteiger partial charge in [-0.15, -0.1) is 6.58 Å². The van der Waals surface area contributed by atoms with E-state index in [0.29, 0.717) is 55.2 Å². The van der Waals surface area contributed by atoms with Crippen LogP contribution in [0.15, 0.2) is 55.1 Å². The summed E-state index contributed by atoms with van der Waals surface area (Å²) in [4.78, 5) is 29.2. The molecule has 0 spiro atoms. The van der Waals surface area contributed by atoms with Crippen LogP contribution >= 0.6 is 0 Å². The van der Waals surface area contributed by atoms with Gasteiger partial charge in [0.05, 0.1) is 14.2 Å². The first kappa shape index (κ1) is 20.5. The molecule has 0 aromatic heterocycles. The highest BCUT2D eigenvalue weighted by molar-refractivity contribution is 5.96. The molecule has 6 nitrogen and oxygen atoms in total. The van der Waals surface area contributed by atoms with Crippen LogP contribution in [0.4, 0.5) is 0 Å². The number of methoxy groups -OCH3 is 2. The van der Waals surface area contributed by atoms with E-state index in [1.54, 1.807) is 36.2 Å². The Morgan fingerprint density at radius 1 is 0.931 bits per heavy atom. The molecule has 1 aliphatic rings. The number of rotatable bonds is 6. The van der Waals surface area contributed by atoms with Gasteiger partial charge >= 0.3 is 0 Å². The summed E-state index contributed by atoms with van der Waals surface area (Å²) in [6.07, 6.45) is 2.33. The standard InChI is InChI=1S/C23H26N2O4/c1-4-8-18-15-19(16-20(28-2)21(18)29-3)23(27)25-13-11-24(12-14-25)22(26)17-9-6-5-7-10-17/h4-7,9-10,15-16H,1,8,11-14H2,2-3H3. The van der Waals surface area contributed by atoms with E-state index in [1.165, 1.54) is 0 Å². The summed E-state index contributed by atoms with van der Waals surface area (Å²) in [5.41, 5.74) is 2.06. The molecule has 3 rings (SSSR count). The van der Waals surface area contributed by atoms with Gasteiger partial charge < -0.3 is 19.3 Å². The van der Waals surface area contributed by atoms with Crippen LogP contribution < -0.4 is 9.47 Å². The average Bonchev–Trinajstić information content (AvgIpc) is 2.78. The summed E-state index contributed by atoms with van der Waals surface area (Å²) in [7, 11) is 3.13. The van der Waals surface area contributed by atoms with Crippen molar-refractivity contribution >= 4 is 11.8 Å². The molecule has 0 atom stereocenters. The van der Waals surface area contributed by atoms with E-state index in [1.807, 2.05) is 36.4 Å². The predicted molar refractivity (Wildman–Crippen MR) is 112 cm³/mol. The molecule has 6 heteroatoms. The summed E-state index contributed by atoms with van der Waals surface area (Å²) in [6, 6.07) is 12.7. The molecule has 2 aromatic carbocycles. The minimum Gasteiger partial charge on any atom is -0.493 e. The Bertz CT molecular complexity index is 887. The average molecular weight is 394 g/mol. The maximum Gasteiger partial charge on any atom is 0.254 e. The minimum atomic E-state index is -0.0805. The van der Waals surface area contributed by atoms with E-state index in [2.05, 4.69) is 6.58 Å². The molecule has 2 amide bonds. The Morgan fingerprint density at radius 3 is 2.03 bits per heavy atom. The first-order valence-electron chi connectivity index (χ1n) is 9.58. The third-order valence-corrected chi connectivity index (χ3v) is 5.04. The van der Waals surface area contributed by atoms with Gasteiger partial charge in [-0.05, 0) is 30.7 Å². The lowest BCUT2D eigenvalue weighted by atomic mass is 10.0. The molecule has 0 saturated carbocycles. The van der Waals surface area contributed by atoms with Gasteiger partial charge in [-0.2, -0.15) is 0 Å². The zero-order valence-corrected chi connectivity index (χ0v) is 16.9. The topological polar surface area (TPSA) is 59.1 Å². The van der Waals surface area contributed by atoms with Gasteiger partial charge in [0.15, 0.2) is 11.5 Å². The number of amides is 2. The Kier molecular flexibility index (Phi) is 6.54. The number of hydrogen-bond acceptors (Lipinski definition) is 4. The van der Waals surface area contributed by atoms with Crippen molar-refractivity contribution in [2.24, 2.45) is 0 Å². The first-order chi connectivity index (χ1) is 14.1. The summed E-state index contributed by atoms with van der Waals surface area (Å²) >= 11 is 0. The van der Waals surface area contributed by atoms with E-state index in [9.17, 15) is 9.59 Å². The zero-order valence-electron chi connectivity index (χ0n) is 16.9. The number of allylic oxidation sites excluding steroid dienone is 1. The molecule has 1 saturated heterocycles. The summed E-state index contributed by atoms with van der Waals surface area (Å²) in [5.74, 6) is 1.05. The molecular formula is C23H26N2O4. The number of nitrogens with zero attached hydrogens (tertiary/aromatic N) is 2. The second kappa shape index (κ2) is 9.28. The molecule has 0 N–H and O–H groups in total. The normalized spacial score (nSPS) is 13.7. The highest BCUT2D eigenvalue weighted by Crippen LogP contribution is 2.33. The lowest BCUT2D eigenvalue weighted by Gasteiger charge is -2.35. The van der Waals surface area contributed by atoms with Gasteiger partial charge in [0, 0.05) is 42.9 Å². The fourth-order valence-electron chi connectivity index (χ4n) is 3.53. The van der Waals surface area contributed by atoms with Gasteiger partial charge in [-0.25, -0.2) is 0 Å². The SMILES string of the molecule is C=CCc1cc(C(=O)N2CCN(C(=O)c3ccccc3)CC2)cc(OC)c1OC. The van der Waals surface area contributed by atoms with Crippen LogP contribution in [0.2, 0.25) is 0 Å². The number of ether oxygens (including phenoxy) is 2. The molecule has 0 radical (unpaired) electrons. The monoisotopic (exact) mass is 394 g/mol. The molecule has 1 heterocycles. The van der Waals surface area contributed by atoms with Crippen molar-refractivity contribution in [3.8, 4) is 11.5 Å². The molecule has 0 bridgehead atoms. The Labute approximate surface area is 171 Å². The van der Waals surface area contributed by atoms with Crippen molar-refractivity contribution in [3.63, 3.8) is 0 Å². The lowest BCUT2D eigenvalue weighted by Crippen LogP contribution is -2.50. The highest BCUT2D eigenvalue weighted by atomic mass is 16.5. The number of benzene rings is 2. The lowest BCUT2D eigenvalue weighted by molar-refractivity contribution is 0.0535.